The summed E-state index contributed by atoms with van der Waals surface area (Å²) in [6, 6.07) is 0.796. The van der Waals surface area contributed by atoms with E-state index >= 15 is 0 Å². The second-order valence-corrected chi connectivity index (χ2v) is 6.41. The van der Waals surface area contributed by atoms with Crippen LogP contribution in [0.25, 0.3) is 0 Å². The molecule has 1 N–H and O–H groups in total. The maximum Gasteiger partial charge on any atom is 0.00694 e. The van der Waals surface area contributed by atoms with Gasteiger partial charge in [0, 0.05) is 6.04 Å². The molecule has 1 heteroatoms. The molecule has 0 spiro atoms. The van der Waals surface area contributed by atoms with E-state index in [2.05, 4.69) is 26.2 Å². The van der Waals surface area contributed by atoms with Gasteiger partial charge in [0.15, 0.2) is 0 Å². The van der Waals surface area contributed by atoms with Crippen LogP contribution in [0.5, 0.6) is 0 Å². The third-order valence-corrected chi connectivity index (χ3v) is 4.63. The molecule has 0 aliphatic heterocycles. The number of rotatable bonds is 9. The lowest BCUT2D eigenvalue weighted by Gasteiger charge is -2.24. The van der Waals surface area contributed by atoms with Crippen molar-refractivity contribution >= 4 is 0 Å². The summed E-state index contributed by atoms with van der Waals surface area (Å²) in [7, 11) is 2.12. The molecule has 1 fully saturated rings. The molecule has 1 aliphatic carbocycles. The van der Waals surface area contributed by atoms with Gasteiger partial charge < -0.3 is 5.32 Å². The van der Waals surface area contributed by atoms with E-state index in [1.807, 2.05) is 0 Å². The molecule has 0 saturated heterocycles. The van der Waals surface area contributed by atoms with Gasteiger partial charge >= 0.3 is 0 Å². The van der Waals surface area contributed by atoms with Crippen LogP contribution in [-0.2, 0) is 0 Å². The van der Waals surface area contributed by atoms with Gasteiger partial charge in [-0.3, -0.25) is 0 Å². The maximum atomic E-state index is 3.44. The molecule has 0 bridgehead atoms. The van der Waals surface area contributed by atoms with Gasteiger partial charge in [-0.2, -0.15) is 0 Å². The molecule has 0 radical (unpaired) electrons. The Morgan fingerprint density at radius 2 is 1.71 bits per heavy atom. The molecule has 0 amide bonds. The Kier molecular flexibility index (Phi) is 7.18. The van der Waals surface area contributed by atoms with Crippen molar-refractivity contribution in [1.82, 2.24) is 5.32 Å². The number of hydrogen-bond acceptors (Lipinski definition) is 1. The summed E-state index contributed by atoms with van der Waals surface area (Å²) in [5, 5.41) is 3.44. The molecular formula is C16H33N. The fraction of sp³-hybridized carbons (Fsp3) is 1.00. The van der Waals surface area contributed by atoms with Gasteiger partial charge in [0.25, 0.3) is 0 Å². The van der Waals surface area contributed by atoms with Crippen LogP contribution in [0.2, 0.25) is 0 Å². The topological polar surface area (TPSA) is 12.0 Å². The average Bonchev–Trinajstić information content (AvgIpc) is 2.70. The molecule has 0 aromatic heterocycles. The Morgan fingerprint density at radius 3 is 2.29 bits per heavy atom. The summed E-state index contributed by atoms with van der Waals surface area (Å²) >= 11 is 0. The Bertz CT molecular complexity index is 190. The summed E-state index contributed by atoms with van der Waals surface area (Å²) in [5.74, 6) is 0. The predicted octanol–water partition coefficient (Wildman–Crippen LogP) is 4.91. The third-order valence-electron chi connectivity index (χ3n) is 4.63. The monoisotopic (exact) mass is 239 g/mol. The van der Waals surface area contributed by atoms with E-state index in [1.165, 1.54) is 70.6 Å². The molecule has 1 rings (SSSR count). The lowest BCUT2D eigenvalue weighted by molar-refractivity contribution is 0.286. The second kappa shape index (κ2) is 8.13. The van der Waals surface area contributed by atoms with Crippen molar-refractivity contribution in [2.75, 3.05) is 7.05 Å². The highest BCUT2D eigenvalue weighted by molar-refractivity contribution is 4.88. The molecule has 102 valence electrons. The van der Waals surface area contributed by atoms with Crippen LogP contribution >= 0.6 is 0 Å². The standard InChI is InChI=1S/C16H33N/c1-4-5-6-7-8-9-10-12-16(2)13-11-15(14-16)17-3/h15,17H,4-14H2,1-3H3. The summed E-state index contributed by atoms with van der Waals surface area (Å²) in [6.45, 7) is 4.79. The summed E-state index contributed by atoms with van der Waals surface area (Å²) in [5.41, 5.74) is 0.650. The van der Waals surface area contributed by atoms with Crippen molar-refractivity contribution in [2.24, 2.45) is 5.41 Å². The lowest BCUT2D eigenvalue weighted by atomic mass is 9.83. The minimum absolute atomic E-state index is 0.650. The number of unbranched alkanes of at least 4 members (excludes halogenated alkanes) is 6. The van der Waals surface area contributed by atoms with Gasteiger partial charge in [-0.25, -0.2) is 0 Å². The fourth-order valence-electron chi connectivity index (χ4n) is 3.30. The second-order valence-electron chi connectivity index (χ2n) is 6.41. The first kappa shape index (κ1) is 15.0. The van der Waals surface area contributed by atoms with Crippen molar-refractivity contribution in [3.05, 3.63) is 0 Å². The molecule has 0 aromatic carbocycles. The van der Waals surface area contributed by atoms with Crippen LogP contribution in [0.3, 0.4) is 0 Å². The average molecular weight is 239 g/mol. The van der Waals surface area contributed by atoms with Crippen LogP contribution in [0.4, 0.5) is 0 Å². The Morgan fingerprint density at radius 1 is 1.06 bits per heavy atom. The van der Waals surface area contributed by atoms with Crippen molar-refractivity contribution in [3.8, 4) is 0 Å². The zero-order valence-corrected chi connectivity index (χ0v) is 12.4. The summed E-state index contributed by atoms with van der Waals surface area (Å²) in [4.78, 5) is 0. The van der Waals surface area contributed by atoms with Gasteiger partial charge in [0.1, 0.15) is 0 Å². The zero-order chi connectivity index (χ0) is 12.6. The number of nitrogens with one attached hydrogen (secondary N) is 1. The zero-order valence-electron chi connectivity index (χ0n) is 12.4. The van der Waals surface area contributed by atoms with E-state index in [0.717, 1.165) is 6.04 Å². The largest absolute Gasteiger partial charge is 0.317 e. The molecule has 0 aromatic rings. The normalized spacial score (nSPS) is 28.8. The molecular weight excluding hydrogens is 206 g/mol. The molecule has 1 aliphatic rings. The smallest absolute Gasteiger partial charge is 0.00694 e. The first-order valence-corrected chi connectivity index (χ1v) is 7.87. The first-order valence-electron chi connectivity index (χ1n) is 7.87. The molecule has 1 saturated carbocycles. The lowest BCUT2D eigenvalue weighted by Crippen LogP contribution is -2.23. The van der Waals surface area contributed by atoms with E-state index in [4.69, 9.17) is 0 Å². The van der Waals surface area contributed by atoms with Gasteiger partial charge in [-0.1, -0.05) is 58.8 Å². The molecule has 17 heavy (non-hydrogen) atoms. The minimum Gasteiger partial charge on any atom is -0.317 e. The summed E-state index contributed by atoms with van der Waals surface area (Å²) in [6.07, 6.45) is 15.8. The minimum atomic E-state index is 0.650. The van der Waals surface area contributed by atoms with Gasteiger partial charge in [0.05, 0.1) is 0 Å². The highest BCUT2D eigenvalue weighted by atomic mass is 14.9. The number of hydrogen-bond donors (Lipinski definition) is 1. The van der Waals surface area contributed by atoms with Gasteiger partial charge in [-0.05, 0) is 38.1 Å². The SMILES string of the molecule is CCCCCCCCCC1(C)CCC(NC)C1. The molecule has 2 unspecified atom stereocenters. The van der Waals surface area contributed by atoms with Gasteiger partial charge in [0.2, 0.25) is 0 Å². The van der Waals surface area contributed by atoms with E-state index < -0.39 is 0 Å². The maximum absolute atomic E-state index is 3.44. The van der Waals surface area contributed by atoms with Gasteiger partial charge in [-0.15, -0.1) is 0 Å². The molecule has 1 nitrogen and oxygen atoms in total. The van der Waals surface area contributed by atoms with E-state index in [-0.39, 0.29) is 0 Å². The first-order chi connectivity index (χ1) is 8.20. The van der Waals surface area contributed by atoms with E-state index in [1.54, 1.807) is 0 Å². The molecule has 0 heterocycles. The summed E-state index contributed by atoms with van der Waals surface area (Å²) < 4.78 is 0. The van der Waals surface area contributed by atoms with Crippen molar-refractivity contribution in [1.29, 1.82) is 0 Å². The predicted molar refractivity (Wildman–Crippen MR) is 77.4 cm³/mol. The van der Waals surface area contributed by atoms with Crippen molar-refractivity contribution < 1.29 is 0 Å². The van der Waals surface area contributed by atoms with E-state index in [9.17, 15) is 0 Å². The van der Waals surface area contributed by atoms with Crippen LogP contribution in [-0.4, -0.2) is 13.1 Å². The highest BCUT2D eigenvalue weighted by Gasteiger charge is 2.33. The van der Waals surface area contributed by atoms with Crippen LogP contribution in [0, 0.1) is 5.41 Å². The molecule has 2 atom stereocenters. The highest BCUT2D eigenvalue weighted by Crippen LogP contribution is 2.41. The van der Waals surface area contributed by atoms with E-state index in [0.29, 0.717) is 5.41 Å². The van der Waals surface area contributed by atoms with Crippen molar-refractivity contribution in [2.45, 2.75) is 90.5 Å². The Hall–Kier alpha value is -0.0400. The quantitative estimate of drug-likeness (QED) is 0.564. The fourth-order valence-corrected chi connectivity index (χ4v) is 3.30. The third kappa shape index (κ3) is 5.90. The Balaban J connectivity index is 1.99. The van der Waals surface area contributed by atoms with Crippen LogP contribution < -0.4 is 5.32 Å². The van der Waals surface area contributed by atoms with Crippen LogP contribution in [0.1, 0.15) is 84.5 Å². The van der Waals surface area contributed by atoms with Crippen LogP contribution in [0.15, 0.2) is 0 Å². The Labute approximate surface area is 109 Å². The van der Waals surface area contributed by atoms with Crippen molar-refractivity contribution in [3.63, 3.8) is 0 Å².